The molecule has 1 rings (SSSR count). The molecule has 0 amide bonds. The maximum absolute atomic E-state index is 13.2. The van der Waals surface area contributed by atoms with Crippen LogP contribution in [-0.4, -0.2) is 68.4 Å². The SMILES string of the molecule is C[C@H]1C([C@H](O)[C@H](F)CO)OC(O)(C(=O)O)C[C@H]1O. The summed E-state index contributed by atoms with van der Waals surface area (Å²) < 4.78 is 18.0. The molecule has 0 aromatic rings. The fourth-order valence-corrected chi connectivity index (χ4v) is 1.90. The zero-order valence-electron chi connectivity index (χ0n) is 9.73. The Morgan fingerprint density at radius 3 is 2.61 bits per heavy atom. The van der Waals surface area contributed by atoms with Gasteiger partial charge in [0.15, 0.2) is 6.17 Å². The number of carbonyl (C=O) groups is 1. The standard InChI is InChI=1S/C10H17FO7/c1-4-6(13)2-10(17,9(15)16)18-8(4)7(14)5(11)3-12/h4-8,12-14,17H,2-3H2,1H3,(H,15,16)/t4-,5-,6-,7-,8?,10?/m1/s1. The topological polar surface area (TPSA) is 127 Å². The van der Waals surface area contributed by atoms with Crippen LogP contribution in [0, 0.1) is 5.92 Å². The molecule has 5 N–H and O–H groups in total. The highest BCUT2D eigenvalue weighted by atomic mass is 19.1. The van der Waals surface area contributed by atoms with Crippen molar-refractivity contribution >= 4 is 5.97 Å². The second kappa shape index (κ2) is 5.45. The smallest absolute Gasteiger partial charge is 0.364 e. The van der Waals surface area contributed by atoms with Crippen LogP contribution in [0.2, 0.25) is 0 Å². The van der Waals surface area contributed by atoms with E-state index >= 15 is 0 Å². The fourth-order valence-electron chi connectivity index (χ4n) is 1.90. The number of hydrogen-bond acceptors (Lipinski definition) is 6. The van der Waals surface area contributed by atoms with Gasteiger partial charge >= 0.3 is 5.97 Å². The van der Waals surface area contributed by atoms with Gasteiger partial charge in [0.05, 0.1) is 18.8 Å². The normalized spacial score (nSPS) is 40.2. The first-order valence-corrected chi connectivity index (χ1v) is 5.47. The van der Waals surface area contributed by atoms with E-state index in [0.29, 0.717) is 0 Å². The second-order valence-electron chi connectivity index (χ2n) is 4.49. The van der Waals surface area contributed by atoms with E-state index in [2.05, 4.69) is 0 Å². The number of halogens is 1. The van der Waals surface area contributed by atoms with Crippen LogP contribution < -0.4 is 0 Å². The molecule has 0 aliphatic carbocycles. The Kier molecular flexibility index (Phi) is 4.62. The average Bonchev–Trinajstić information content (AvgIpc) is 2.31. The Bertz CT molecular complexity index is 313. The third-order valence-electron chi connectivity index (χ3n) is 3.16. The van der Waals surface area contributed by atoms with E-state index in [0.717, 1.165) is 0 Å². The van der Waals surface area contributed by atoms with Crippen molar-refractivity contribution in [2.24, 2.45) is 5.92 Å². The molecule has 1 aliphatic heterocycles. The maximum Gasteiger partial charge on any atom is 0.364 e. The molecule has 0 spiro atoms. The summed E-state index contributed by atoms with van der Waals surface area (Å²) in [5, 5.41) is 46.2. The van der Waals surface area contributed by atoms with Crippen molar-refractivity contribution in [1.29, 1.82) is 0 Å². The van der Waals surface area contributed by atoms with Gasteiger partial charge in [-0.25, -0.2) is 9.18 Å². The van der Waals surface area contributed by atoms with Crippen molar-refractivity contribution in [3.05, 3.63) is 0 Å². The third kappa shape index (κ3) is 2.78. The van der Waals surface area contributed by atoms with Gasteiger partial charge in [0.1, 0.15) is 6.10 Å². The quantitative estimate of drug-likeness (QED) is 0.408. The van der Waals surface area contributed by atoms with Crippen molar-refractivity contribution in [2.45, 2.75) is 43.6 Å². The lowest BCUT2D eigenvalue weighted by Crippen LogP contribution is -2.59. The lowest BCUT2D eigenvalue weighted by atomic mass is 9.85. The summed E-state index contributed by atoms with van der Waals surface area (Å²) >= 11 is 0. The van der Waals surface area contributed by atoms with Gasteiger partial charge in [-0.2, -0.15) is 0 Å². The molecule has 8 heteroatoms. The van der Waals surface area contributed by atoms with Crippen molar-refractivity contribution in [1.82, 2.24) is 0 Å². The highest BCUT2D eigenvalue weighted by molar-refractivity contribution is 5.75. The van der Waals surface area contributed by atoms with E-state index in [1.807, 2.05) is 0 Å². The Morgan fingerprint density at radius 2 is 2.17 bits per heavy atom. The van der Waals surface area contributed by atoms with E-state index < -0.39 is 55.2 Å². The lowest BCUT2D eigenvalue weighted by Gasteiger charge is -2.43. The van der Waals surface area contributed by atoms with Gasteiger partial charge < -0.3 is 30.3 Å². The van der Waals surface area contributed by atoms with Gasteiger partial charge in [0.25, 0.3) is 5.79 Å². The number of hydrogen-bond donors (Lipinski definition) is 5. The van der Waals surface area contributed by atoms with E-state index in [1.54, 1.807) is 0 Å². The molecule has 0 radical (unpaired) electrons. The second-order valence-corrected chi connectivity index (χ2v) is 4.49. The number of ether oxygens (including phenoxy) is 1. The highest BCUT2D eigenvalue weighted by Gasteiger charge is 2.52. The molecule has 1 saturated heterocycles. The summed E-state index contributed by atoms with van der Waals surface area (Å²) in [7, 11) is 0. The zero-order valence-corrected chi connectivity index (χ0v) is 9.73. The molecule has 2 unspecified atom stereocenters. The molecule has 1 fully saturated rings. The van der Waals surface area contributed by atoms with Gasteiger partial charge in [-0.05, 0) is 0 Å². The summed E-state index contributed by atoms with van der Waals surface area (Å²) in [6.07, 6.45) is -7.18. The lowest BCUT2D eigenvalue weighted by molar-refractivity contribution is -0.300. The molecule has 0 saturated carbocycles. The Labute approximate surface area is 102 Å². The van der Waals surface area contributed by atoms with Crippen LogP contribution in [0.4, 0.5) is 4.39 Å². The van der Waals surface area contributed by atoms with Gasteiger partial charge in [-0.15, -0.1) is 0 Å². The fraction of sp³-hybridized carbons (Fsp3) is 0.900. The average molecular weight is 268 g/mol. The summed E-state index contributed by atoms with van der Waals surface area (Å²) in [4.78, 5) is 10.8. The Hall–Kier alpha value is -0.800. The molecule has 0 aromatic carbocycles. The predicted molar refractivity (Wildman–Crippen MR) is 55.2 cm³/mol. The number of aliphatic carboxylic acids is 1. The zero-order chi connectivity index (χ0) is 14.1. The monoisotopic (exact) mass is 268 g/mol. The molecule has 1 aliphatic rings. The van der Waals surface area contributed by atoms with E-state index in [1.165, 1.54) is 6.92 Å². The molecule has 0 bridgehead atoms. The van der Waals surface area contributed by atoms with Gasteiger partial charge in [-0.1, -0.05) is 6.92 Å². The minimum atomic E-state index is -2.67. The number of aliphatic hydroxyl groups excluding tert-OH is 3. The minimum absolute atomic E-state index is 0.581. The third-order valence-corrected chi connectivity index (χ3v) is 3.16. The molecular formula is C10H17FO7. The number of aliphatic hydroxyl groups is 4. The number of carboxylic acid groups (broad SMARTS) is 1. The van der Waals surface area contributed by atoms with Crippen molar-refractivity contribution in [3.63, 3.8) is 0 Å². The van der Waals surface area contributed by atoms with Crippen molar-refractivity contribution in [3.8, 4) is 0 Å². The first-order chi connectivity index (χ1) is 8.23. The summed E-state index contributed by atoms with van der Waals surface area (Å²) in [6, 6.07) is 0. The molecular weight excluding hydrogens is 251 g/mol. The van der Waals surface area contributed by atoms with Crippen LogP contribution in [-0.2, 0) is 9.53 Å². The molecule has 18 heavy (non-hydrogen) atoms. The van der Waals surface area contributed by atoms with Crippen LogP contribution in [0.1, 0.15) is 13.3 Å². The maximum atomic E-state index is 13.2. The molecule has 7 nitrogen and oxygen atoms in total. The van der Waals surface area contributed by atoms with Crippen molar-refractivity contribution in [2.75, 3.05) is 6.61 Å². The van der Waals surface area contributed by atoms with Crippen LogP contribution in [0.25, 0.3) is 0 Å². The number of alkyl halides is 1. The largest absolute Gasteiger partial charge is 0.477 e. The summed E-state index contributed by atoms with van der Waals surface area (Å²) in [5.41, 5.74) is 0. The molecule has 106 valence electrons. The van der Waals surface area contributed by atoms with E-state index in [-0.39, 0.29) is 0 Å². The Morgan fingerprint density at radius 1 is 1.61 bits per heavy atom. The van der Waals surface area contributed by atoms with Crippen LogP contribution in [0.3, 0.4) is 0 Å². The number of carboxylic acids is 1. The van der Waals surface area contributed by atoms with Gasteiger partial charge in [0, 0.05) is 12.3 Å². The predicted octanol–water partition coefficient (Wildman–Crippen LogP) is -1.76. The van der Waals surface area contributed by atoms with E-state index in [4.69, 9.17) is 14.9 Å². The van der Waals surface area contributed by atoms with Crippen molar-refractivity contribution < 1.29 is 39.5 Å². The van der Waals surface area contributed by atoms with E-state index in [9.17, 15) is 24.5 Å². The highest BCUT2D eigenvalue weighted by Crippen LogP contribution is 2.34. The minimum Gasteiger partial charge on any atom is -0.477 e. The van der Waals surface area contributed by atoms with Crippen LogP contribution >= 0.6 is 0 Å². The molecule has 0 aromatic heterocycles. The summed E-state index contributed by atoms with van der Waals surface area (Å²) in [6.45, 7) is 0.444. The van der Waals surface area contributed by atoms with Crippen LogP contribution in [0.5, 0.6) is 0 Å². The van der Waals surface area contributed by atoms with Gasteiger partial charge in [0.2, 0.25) is 0 Å². The molecule has 6 atom stereocenters. The Balaban J connectivity index is 2.92. The first-order valence-electron chi connectivity index (χ1n) is 5.47. The first kappa shape index (κ1) is 15.3. The van der Waals surface area contributed by atoms with Gasteiger partial charge in [-0.3, -0.25) is 0 Å². The molecule has 1 heterocycles. The summed E-state index contributed by atoms with van der Waals surface area (Å²) in [5.74, 6) is -5.19. The number of rotatable bonds is 4. The van der Waals surface area contributed by atoms with Crippen LogP contribution in [0.15, 0.2) is 0 Å².